The molecule has 1 amide bonds. The SMILES string of the molecule is CC(C)Cn1nccc1NC(=O)CCc1cccc(Cl)c1. The fraction of sp³-hybridized carbons (Fsp3) is 0.375. The molecule has 2 aromatic rings. The predicted octanol–water partition coefficient (Wildman–Crippen LogP) is 3.76. The minimum Gasteiger partial charge on any atom is -0.311 e. The van der Waals surface area contributed by atoms with Gasteiger partial charge in [0.25, 0.3) is 0 Å². The van der Waals surface area contributed by atoms with E-state index in [1.807, 2.05) is 35.0 Å². The highest BCUT2D eigenvalue weighted by Gasteiger charge is 2.08. The van der Waals surface area contributed by atoms with Crippen LogP contribution in [0.4, 0.5) is 5.82 Å². The van der Waals surface area contributed by atoms with Gasteiger partial charge in [0, 0.05) is 24.1 Å². The van der Waals surface area contributed by atoms with Crippen molar-refractivity contribution in [2.75, 3.05) is 5.32 Å². The van der Waals surface area contributed by atoms with E-state index in [1.54, 1.807) is 6.20 Å². The van der Waals surface area contributed by atoms with Crippen LogP contribution in [0.15, 0.2) is 36.5 Å². The molecule has 1 aromatic heterocycles. The quantitative estimate of drug-likeness (QED) is 0.883. The standard InChI is InChI=1S/C16H20ClN3O/c1-12(2)11-20-15(8-9-18-20)19-16(21)7-6-13-4-3-5-14(17)10-13/h3-5,8-10,12H,6-7,11H2,1-2H3,(H,19,21). The van der Waals surface area contributed by atoms with Crippen LogP contribution in [0.5, 0.6) is 0 Å². The Balaban J connectivity index is 1.89. The minimum atomic E-state index is -0.0134. The molecule has 1 aromatic carbocycles. The first-order chi connectivity index (χ1) is 10.0. The average Bonchev–Trinajstić information content (AvgIpc) is 2.83. The summed E-state index contributed by atoms with van der Waals surface area (Å²) in [6.07, 6.45) is 2.80. The normalized spacial score (nSPS) is 10.9. The van der Waals surface area contributed by atoms with Crippen molar-refractivity contribution in [3.63, 3.8) is 0 Å². The molecule has 0 atom stereocenters. The molecule has 4 nitrogen and oxygen atoms in total. The van der Waals surface area contributed by atoms with Gasteiger partial charge in [0.05, 0.1) is 6.20 Å². The van der Waals surface area contributed by atoms with Gasteiger partial charge in [-0.1, -0.05) is 37.6 Å². The summed E-state index contributed by atoms with van der Waals surface area (Å²) in [7, 11) is 0. The first-order valence-electron chi connectivity index (χ1n) is 7.10. The Morgan fingerprint density at radius 3 is 2.90 bits per heavy atom. The summed E-state index contributed by atoms with van der Waals surface area (Å²) in [6, 6.07) is 9.41. The third-order valence-electron chi connectivity index (χ3n) is 3.05. The highest BCUT2D eigenvalue weighted by molar-refractivity contribution is 6.30. The number of hydrogen-bond acceptors (Lipinski definition) is 2. The van der Waals surface area contributed by atoms with Gasteiger partial charge in [0.1, 0.15) is 5.82 Å². The smallest absolute Gasteiger partial charge is 0.225 e. The fourth-order valence-corrected chi connectivity index (χ4v) is 2.30. The Morgan fingerprint density at radius 1 is 1.38 bits per heavy atom. The van der Waals surface area contributed by atoms with Gasteiger partial charge < -0.3 is 5.32 Å². The molecular formula is C16H20ClN3O. The lowest BCUT2D eigenvalue weighted by molar-refractivity contribution is -0.116. The number of nitrogens with zero attached hydrogens (tertiary/aromatic N) is 2. The summed E-state index contributed by atoms with van der Waals surface area (Å²) in [6.45, 7) is 5.02. The van der Waals surface area contributed by atoms with Crippen molar-refractivity contribution in [2.24, 2.45) is 5.92 Å². The molecule has 0 aliphatic carbocycles. The van der Waals surface area contributed by atoms with Crippen molar-refractivity contribution in [2.45, 2.75) is 33.2 Å². The summed E-state index contributed by atoms with van der Waals surface area (Å²) in [5.74, 6) is 1.22. The van der Waals surface area contributed by atoms with Crippen molar-refractivity contribution in [3.05, 3.63) is 47.1 Å². The average molecular weight is 306 g/mol. The third-order valence-corrected chi connectivity index (χ3v) is 3.29. The maximum Gasteiger partial charge on any atom is 0.225 e. The molecule has 0 bridgehead atoms. The van der Waals surface area contributed by atoms with E-state index in [-0.39, 0.29) is 5.91 Å². The molecular weight excluding hydrogens is 286 g/mol. The number of nitrogens with one attached hydrogen (secondary N) is 1. The maximum atomic E-state index is 12.0. The van der Waals surface area contributed by atoms with E-state index in [1.165, 1.54) is 0 Å². The molecule has 0 saturated carbocycles. The number of aromatic nitrogens is 2. The van der Waals surface area contributed by atoms with E-state index in [0.29, 0.717) is 23.8 Å². The number of hydrogen-bond donors (Lipinski definition) is 1. The van der Waals surface area contributed by atoms with Gasteiger partial charge in [-0.3, -0.25) is 4.79 Å². The zero-order valence-corrected chi connectivity index (χ0v) is 13.1. The second-order valence-corrected chi connectivity index (χ2v) is 5.91. The number of carbonyl (C=O) groups excluding carboxylic acids is 1. The van der Waals surface area contributed by atoms with Crippen molar-refractivity contribution >= 4 is 23.3 Å². The second kappa shape index (κ2) is 7.27. The molecule has 0 spiro atoms. The lowest BCUT2D eigenvalue weighted by Gasteiger charge is -2.11. The van der Waals surface area contributed by atoms with Gasteiger partial charge in [-0.15, -0.1) is 0 Å². The largest absolute Gasteiger partial charge is 0.311 e. The van der Waals surface area contributed by atoms with Crippen molar-refractivity contribution in [1.29, 1.82) is 0 Å². The molecule has 0 aliphatic heterocycles. The van der Waals surface area contributed by atoms with Crippen LogP contribution in [0.25, 0.3) is 0 Å². The number of rotatable bonds is 6. The van der Waals surface area contributed by atoms with Crippen LogP contribution in [0.2, 0.25) is 5.02 Å². The first kappa shape index (κ1) is 15.6. The number of carbonyl (C=O) groups is 1. The molecule has 0 aliphatic rings. The molecule has 21 heavy (non-hydrogen) atoms. The molecule has 0 radical (unpaired) electrons. The van der Waals surface area contributed by atoms with Crippen molar-refractivity contribution < 1.29 is 4.79 Å². The van der Waals surface area contributed by atoms with Gasteiger partial charge in [-0.25, -0.2) is 4.68 Å². The zero-order valence-electron chi connectivity index (χ0n) is 12.3. The second-order valence-electron chi connectivity index (χ2n) is 5.47. The number of halogens is 1. The molecule has 0 saturated heterocycles. The van der Waals surface area contributed by atoms with Crippen LogP contribution in [-0.2, 0) is 17.8 Å². The first-order valence-corrected chi connectivity index (χ1v) is 7.48. The zero-order chi connectivity index (χ0) is 15.2. The van der Waals surface area contributed by atoms with E-state index < -0.39 is 0 Å². The summed E-state index contributed by atoms with van der Waals surface area (Å²) in [5, 5.41) is 7.83. The van der Waals surface area contributed by atoms with Crippen LogP contribution in [-0.4, -0.2) is 15.7 Å². The predicted molar refractivity (Wildman–Crippen MR) is 85.5 cm³/mol. The van der Waals surface area contributed by atoms with E-state index in [4.69, 9.17) is 11.6 Å². The molecule has 0 unspecified atom stereocenters. The molecule has 1 N–H and O–H groups in total. The highest BCUT2D eigenvalue weighted by Crippen LogP contribution is 2.13. The van der Waals surface area contributed by atoms with Crippen LogP contribution in [0.3, 0.4) is 0 Å². The van der Waals surface area contributed by atoms with E-state index in [0.717, 1.165) is 17.9 Å². The number of amides is 1. The van der Waals surface area contributed by atoms with Gasteiger partial charge in [-0.05, 0) is 30.0 Å². The molecule has 112 valence electrons. The Hall–Kier alpha value is -1.81. The van der Waals surface area contributed by atoms with Crippen LogP contribution in [0.1, 0.15) is 25.8 Å². The minimum absolute atomic E-state index is 0.0134. The number of anilines is 1. The Labute approximate surface area is 130 Å². The lowest BCUT2D eigenvalue weighted by Crippen LogP contribution is -2.17. The van der Waals surface area contributed by atoms with Gasteiger partial charge in [0.2, 0.25) is 5.91 Å². The topological polar surface area (TPSA) is 46.9 Å². The number of aryl methyl sites for hydroxylation is 1. The van der Waals surface area contributed by atoms with Crippen LogP contribution >= 0.6 is 11.6 Å². The van der Waals surface area contributed by atoms with Crippen molar-refractivity contribution in [3.8, 4) is 0 Å². The van der Waals surface area contributed by atoms with Crippen LogP contribution in [0, 0.1) is 5.92 Å². The molecule has 1 heterocycles. The van der Waals surface area contributed by atoms with E-state index in [2.05, 4.69) is 24.3 Å². The Morgan fingerprint density at radius 2 is 2.19 bits per heavy atom. The van der Waals surface area contributed by atoms with Gasteiger partial charge in [-0.2, -0.15) is 5.10 Å². The van der Waals surface area contributed by atoms with Crippen LogP contribution < -0.4 is 5.32 Å². The van der Waals surface area contributed by atoms with Gasteiger partial charge in [0.15, 0.2) is 0 Å². The van der Waals surface area contributed by atoms with Crippen molar-refractivity contribution in [1.82, 2.24) is 9.78 Å². The monoisotopic (exact) mass is 305 g/mol. The summed E-state index contributed by atoms with van der Waals surface area (Å²) >= 11 is 5.93. The Bertz CT molecular complexity index is 607. The lowest BCUT2D eigenvalue weighted by atomic mass is 10.1. The number of benzene rings is 1. The maximum absolute atomic E-state index is 12.0. The summed E-state index contributed by atoms with van der Waals surface area (Å²) in [4.78, 5) is 12.0. The molecule has 0 fully saturated rings. The van der Waals surface area contributed by atoms with E-state index >= 15 is 0 Å². The van der Waals surface area contributed by atoms with E-state index in [9.17, 15) is 4.79 Å². The summed E-state index contributed by atoms with van der Waals surface area (Å²) in [5.41, 5.74) is 1.06. The molecule has 2 rings (SSSR count). The third kappa shape index (κ3) is 4.90. The fourth-order valence-electron chi connectivity index (χ4n) is 2.09. The highest BCUT2D eigenvalue weighted by atomic mass is 35.5. The molecule has 5 heteroatoms. The van der Waals surface area contributed by atoms with Gasteiger partial charge >= 0.3 is 0 Å². The Kier molecular flexibility index (Phi) is 5.39. The summed E-state index contributed by atoms with van der Waals surface area (Å²) < 4.78 is 1.82.